The first-order valence-electron chi connectivity index (χ1n) is 7.81. The van der Waals surface area contributed by atoms with E-state index in [-0.39, 0.29) is 12.0 Å². The van der Waals surface area contributed by atoms with Gasteiger partial charge in [0.2, 0.25) is 0 Å². The Morgan fingerprint density at radius 2 is 2.09 bits per heavy atom. The number of piperidine rings is 1. The third-order valence-electron chi connectivity index (χ3n) is 4.03. The van der Waals surface area contributed by atoms with E-state index in [0.717, 1.165) is 42.9 Å². The van der Waals surface area contributed by atoms with E-state index in [2.05, 4.69) is 4.90 Å². The molecule has 1 aromatic carbocycles. The molecule has 5 nitrogen and oxygen atoms in total. The van der Waals surface area contributed by atoms with Gasteiger partial charge in [0.25, 0.3) is 0 Å². The van der Waals surface area contributed by atoms with Crippen LogP contribution in [-0.2, 0) is 16.1 Å². The molecule has 1 aromatic rings. The highest BCUT2D eigenvalue weighted by molar-refractivity contribution is 5.75. The second kappa shape index (κ2) is 8.03. The maximum absolute atomic E-state index is 12.2. The summed E-state index contributed by atoms with van der Waals surface area (Å²) in [6.07, 6.45) is 3.02. The van der Waals surface area contributed by atoms with Gasteiger partial charge >= 0.3 is 5.97 Å². The third-order valence-corrected chi connectivity index (χ3v) is 4.03. The van der Waals surface area contributed by atoms with Gasteiger partial charge in [-0.3, -0.25) is 9.69 Å². The molecule has 0 bridgehead atoms. The fourth-order valence-electron chi connectivity index (χ4n) is 2.91. The van der Waals surface area contributed by atoms with Gasteiger partial charge in [0.05, 0.1) is 20.8 Å². The molecule has 122 valence electrons. The molecule has 0 spiro atoms. The summed E-state index contributed by atoms with van der Waals surface area (Å²) >= 11 is 0. The van der Waals surface area contributed by atoms with Crippen LogP contribution >= 0.6 is 0 Å². The molecule has 22 heavy (non-hydrogen) atoms. The van der Waals surface area contributed by atoms with E-state index >= 15 is 0 Å². The Kier molecular flexibility index (Phi) is 6.07. The molecule has 1 atom stereocenters. The quantitative estimate of drug-likeness (QED) is 0.756. The van der Waals surface area contributed by atoms with Gasteiger partial charge in [-0.1, -0.05) is 6.42 Å². The molecule has 0 unspecified atom stereocenters. The van der Waals surface area contributed by atoms with Gasteiger partial charge in [-0.15, -0.1) is 0 Å². The van der Waals surface area contributed by atoms with Crippen molar-refractivity contribution in [3.05, 3.63) is 23.8 Å². The molecule has 5 heteroatoms. The lowest BCUT2D eigenvalue weighted by molar-refractivity contribution is -0.151. The largest absolute Gasteiger partial charge is 0.497 e. The van der Waals surface area contributed by atoms with Crippen molar-refractivity contribution in [1.29, 1.82) is 0 Å². The van der Waals surface area contributed by atoms with Crippen LogP contribution in [0.5, 0.6) is 11.5 Å². The van der Waals surface area contributed by atoms with Gasteiger partial charge in [0, 0.05) is 12.1 Å². The van der Waals surface area contributed by atoms with E-state index in [1.54, 1.807) is 14.2 Å². The fourth-order valence-corrected chi connectivity index (χ4v) is 2.91. The van der Waals surface area contributed by atoms with E-state index in [9.17, 15) is 4.79 Å². The number of benzene rings is 1. The topological polar surface area (TPSA) is 48.0 Å². The molecule has 0 saturated carbocycles. The molecule has 1 aliphatic heterocycles. The van der Waals surface area contributed by atoms with Crippen LogP contribution in [0.25, 0.3) is 0 Å². The Labute approximate surface area is 132 Å². The SMILES string of the molecule is CCOC(=O)[C@@H]1CCCCN1Cc1cc(OC)ccc1OC. The van der Waals surface area contributed by atoms with Gasteiger partial charge in [0.1, 0.15) is 17.5 Å². The van der Waals surface area contributed by atoms with Crippen LogP contribution in [0.1, 0.15) is 31.7 Å². The smallest absolute Gasteiger partial charge is 0.323 e. The molecule has 2 rings (SSSR count). The number of hydrogen-bond donors (Lipinski definition) is 0. The summed E-state index contributed by atoms with van der Waals surface area (Å²) in [6.45, 7) is 3.81. The molecule has 0 N–H and O–H groups in total. The normalized spacial score (nSPS) is 18.8. The van der Waals surface area contributed by atoms with Crippen LogP contribution in [0.3, 0.4) is 0 Å². The van der Waals surface area contributed by atoms with Crippen LogP contribution in [0.15, 0.2) is 18.2 Å². The van der Waals surface area contributed by atoms with E-state index in [1.165, 1.54) is 0 Å². The summed E-state index contributed by atoms with van der Waals surface area (Å²) in [4.78, 5) is 14.3. The molecule has 0 radical (unpaired) electrons. The minimum atomic E-state index is -0.162. The number of carbonyl (C=O) groups is 1. The van der Waals surface area contributed by atoms with E-state index < -0.39 is 0 Å². The van der Waals surface area contributed by atoms with Crippen molar-refractivity contribution in [3.8, 4) is 11.5 Å². The predicted octanol–water partition coefficient (Wildman–Crippen LogP) is 2.62. The Morgan fingerprint density at radius 3 is 2.77 bits per heavy atom. The van der Waals surface area contributed by atoms with E-state index in [0.29, 0.717) is 13.2 Å². The number of ether oxygens (including phenoxy) is 3. The second-order valence-corrected chi connectivity index (χ2v) is 5.41. The standard InChI is InChI=1S/C17H25NO4/c1-4-22-17(19)15-7-5-6-10-18(15)12-13-11-14(20-2)8-9-16(13)21-3/h8-9,11,15H,4-7,10,12H2,1-3H3/t15-/m0/s1. The number of methoxy groups -OCH3 is 2. The van der Waals surface area contributed by atoms with Gasteiger partial charge in [-0.25, -0.2) is 0 Å². The molecule has 0 amide bonds. The molecule has 1 aliphatic rings. The van der Waals surface area contributed by atoms with Crippen molar-refractivity contribution in [2.24, 2.45) is 0 Å². The zero-order valence-corrected chi connectivity index (χ0v) is 13.6. The summed E-state index contributed by atoms with van der Waals surface area (Å²) in [5.41, 5.74) is 1.03. The predicted molar refractivity (Wildman–Crippen MR) is 84.2 cm³/mol. The van der Waals surface area contributed by atoms with Gasteiger partial charge in [0.15, 0.2) is 0 Å². The van der Waals surface area contributed by atoms with Crippen molar-refractivity contribution in [3.63, 3.8) is 0 Å². The summed E-state index contributed by atoms with van der Waals surface area (Å²) in [5.74, 6) is 1.48. The number of esters is 1. The Morgan fingerprint density at radius 1 is 1.27 bits per heavy atom. The number of rotatable bonds is 6. The summed E-state index contributed by atoms with van der Waals surface area (Å²) in [5, 5.41) is 0. The van der Waals surface area contributed by atoms with Crippen LogP contribution in [-0.4, -0.2) is 44.3 Å². The van der Waals surface area contributed by atoms with E-state index in [4.69, 9.17) is 14.2 Å². The number of nitrogens with zero attached hydrogens (tertiary/aromatic N) is 1. The Hall–Kier alpha value is -1.75. The van der Waals surface area contributed by atoms with Gasteiger partial charge < -0.3 is 14.2 Å². The lowest BCUT2D eigenvalue weighted by Gasteiger charge is -2.34. The Bertz CT molecular complexity index is 503. The summed E-state index contributed by atoms with van der Waals surface area (Å²) in [7, 11) is 3.30. The maximum Gasteiger partial charge on any atom is 0.323 e. The van der Waals surface area contributed by atoms with Crippen molar-refractivity contribution in [2.45, 2.75) is 38.8 Å². The monoisotopic (exact) mass is 307 g/mol. The van der Waals surface area contributed by atoms with Crippen molar-refractivity contribution >= 4 is 5.97 Å². The number of hydrogen-bond acceptors (Lipinski definition) is 5. The summed E-state index contributed by atoms with van der Waals surface area (Å²) < 4.78 is 15.9. The van der Waals surface area contributed by atoms with Gasteiger partial charge in [-0.05, 0) is 44.5 Å². The van der Waals surface area contributed by atoms with Crippen LogP contribution in [0.2, 0.25) is 0 Å². The first-order valence-corrected chi connectivity index (χ1v) is 7.81. The van der Waals surface area contributed by atoms with Gasteiger partial charge in [-0.2, -0.15) is 0 Å². The summed E-state index contributed by atoms with van der Waals surface area (Å²) in [6, 6.07) is 5.58. The molecule has 1 heterocycles. The lowest BCUT2D eigenvalue weighted by atomic mass is 10.0. The van der Waals surface area contributed by atoms with Crippen LogP contribution < -0.4 is 9.47 Å². The molecule has 0 aromatic heterocycles. The molecule has 1 fully saturated rings. The highest BCUT2D eigenvalue weighted by Gasteiger charge is 2.30. The van der Waals surface area contributed by atoms with Crippen LogP contribution in [0, 0.1) is 0 Å². The molecular formula is C17H25NO4. The van der Waals surface area contributed by atoms with Crippen molar-refractivity contribution in [2.75, 3.05) is 27.4 Å². The second-order valence-electron chi connectivity index (χ2n) is 5.41. The average Bonchev–Trinajstić information content (AvgIpc) is 2.55. The average molecular weight is 307 g/mol. The third kappa shape index (κ3) is 3.91. The molecule has 0 aliphatic carbocycles. The zero-order chi connectivity index (χ0) is 15.9. The minimum absolute atomic E-state index is 0.121. The number of carbonyl (C=O) groups excluding carboxylic acids is 1. The van der Waals surface area contributed by atoms with Crippen molar-refractivity contribution < 1.29 is 19.0 Å². The minimum Gasteiger partial charge on any atom is -0.497 e. The fraction of sp³-hybridized carbons (Fsp3) is 0.588. The maximum atomic E-state index is 12.2. The van der Waals surface area contributed by atoms with E-state index in [1.807, 2.05) is 25.1 Å². The molecular weight excluding hydrogens is 282 g/mol. The highest BCUT2D eigenvalue weighted by atomic mass is 16.5. The first kappa shape index (κ1) is 16.6. The van der Waals surface area contributed by atoms with Crippen molar-refractivity contribution in [1.82, 2.24) is 4.90 Å². The van der Waals surface area contributed by atoms with Crippen LogP contribution in [0.4, 0.5) is 0 Å². The number of likely N-dealkylation sites (tertiary alicyclic amines) is 1. The first-order chi connectivity index (χ1) is 10.7. The lowest BCUT2D eigenvalue weighted by Crippen LogP contribution is -2.45. The Balaban J connectivity index is 2.17. The highest BCUT2D eigenvalue weighted by Crippen LogP contribution is 2.28. The zero-order valence-electron chi connectivity index (χ0n) is 13.6. The molecule has 1 saturated heterocycles.